The minimum absolute atomic E-state index is 0.748. The van der Waals surface area contributed by atoms with E-state index in [1.54, 1.807) is 0 Å². The third kappa shape index (κ3) is 4.69. The first kappa shape index (κ1) is 17.3. The molecule has 4 unspecified atom stereocenters. The predicted octanol–water partition coefficient (Wildman–Crippen LogP) is 4.44. The van der Waals surface area contributed by atoms with Gasteiger partial charge in [0, 0.05) is 31.2 Å². The fraction of sp³-hybridized carbons (Fsp3) is 1.00. The number of nitrogens with one attached hydrogen (secondary N) is 1. The van der Waals surface area contributed by atoms with Crippen molar-refractivity contribution in [3.63, 3.8) is 0 Å². The molecule has 2 heteroatoms. The van der Waals surface area contributed by atoms with E-state index in [4.69, 9.17) is 0 Å². The van der Waals surface area contributed by atoms with E-state index in [0.29, 0.717) is 0 Å². The van der Waals surface area contributed by atoms with Crippen molar-refractivity contribution in [2.45, 2.75) is 97.2 Å². The molecular weight excluding hydrogens is 256 g/mol. The zero-order chi connectivity index (χ0) is 15.2. The molecule has 0 amide bonds. The van der Waals surface area contributed by atoms with Crippen molar-refractivity contribution in [3.05, 3.63) is 0 Å². The van der Waals surface area contributed by atoms with Crippen LogP contribution >= 0.6 is 0 Å². The monoisotopic (exact) mass is 294 g/mol. The second-order valence-electron chi connectivity index (χ2n) is 7.77. The summed E-state index contributed by atoms with van der Waals surface area (Å²) in [5, 5.41) is 3.90. The Morgan fingerprint density at radius 3 is 2.43 bits per heavy atom. The summed E-state index contributed by atoms with van der Waals surface area (Å²) in [7, 11) is 0. The summed E-state index contributed by atoms with van der Waals surface area (Å²) >= 11 is 0. The van der Waals surface area contributed by atoms with Gasteiger partial charge in [0.25, 0.3) is 0 Å². The summed E-state index contributed by atoms with van der Waals surface area (Å²) in [6, 6.07) is 2.26. The fourth-order valence-corrected chi connectivity index (χ4v) is 4.50. The molecule has 0 aromatic rings. The molecule has 2 fully saturated rings. The molecule has 0 spiro atoms. The van der Waals surface area contributed by atoms with Gasteiger partial charge >= 0.3 is 0 Å². The van der Waals surface area contributed by atoms with Gasteiger partial charge in [-0.15, -0.1) is 0 Å². The third-order valence-corrected chi connectivity index (χ3v) is 6.19. The summed E-state index contributed by atoms with van der Waals surface area (Å²) in [5.41, 5.74) is 0. The topological polar surface area (TPSA) is 15.3 Å². The van der Waals surface area contributed by atoms with Gasteiger partial charge in [0.05, 0.1) is 0 Å². The van der Waals surface area contributed by atoms with Gasteiger partial charge < -0.3 is 5.32 Å². The predicted molar refractivity (Wildman–Crippen MR) is 92.7 cm³/mol. The molecule has 1 N–H and O–H groups in total. The van der Waals surface area contributed by atoms with Crippen LogP contribution in [-0.2, 0) is 0 Å². The number of piperazine rings is 1. The summed E-state index contributed by atoms with van der Waals surface area (Å²) < 4.78 is 0. The second-order valence-corrected chi connectivity index (χ2v) is 7.77. The first-order valence-corrected chi connectivity index (χ1v) is 9.64. The molecule has 1 heterocycles. The molecule has 4 atom stereocenters. The van der Waals surface area contributed by atoms with E-state index in [-0.39, 0.29) is 0 Å². The minimum atomic E-state index is 0.748. The standard InChI is InChI=1S/C19H38N2/c1-5-15(3)12-16(4)21-14-19(20-13-18(21)6-2)17-10-8-7-9-11-17/h15-20H,5-14H2,1-4H3. The van der Waals surface area contributed by atoms with Gasteiger partial charge in [-0.1, -0.05) is 46.5 Å². The van der Waals surface area contributed by atoms with Crippen LogP contribution in [0.15, 0.2) is 0 Å². The van der Waals surface area contributed by atoms with Crippen molar-refractivity contribution < 1.29 is 0 Å². The Morgan fingerprint density at radius 1 is 1.10 bits per heavy atom. The quantitative estimate of drug-likeness (QED) is 0.779. The van der Waals surface area contributed by atoms with E-state index in [9.17, 15) is 0 Å². The van der Waals surface area contributed by atoms with Gasteiger partial charge in [0.2, 0.25) is 0 Å². The molecule has 0 aromatic carbocycles. The van der Waals surface area contributed by atoms with Gasteiger partial charge in [0.15, 0.2) is 0 Å². The maximum atomic E-state index is 3.90. The van der Waals surface area contributed by atoms with Crippen LogP contribution in [0.3, 0.4) is 0 Å². The summed E-state index contributed by atoms with van der Waals surface area (Å²) in [6.45, 7) is 12.1. The van der Waals surface area contributed by atoms with Crippen LogP contribution in [0.2, 0.25) is 0 Å². The highest BCUT2D eigenvalue weighted by Crippen LogP contribution is 2.30. The van der Waals surface area contributed by atoms with Gasteiger partial charge in [-0.2, -0.15) is 0 Å². The van der Waals surface area contributed by atoms with E-state index in [0.717, 1.165) is 30.0 Å². The molecule has 21 heavy (non-hydrogen) atoms. The zero-order valence-electron chi connectivity index (χ0n) is 14.9. The Balaban J connectivity index is 1.94. The Kier molecular flexibility index (Phi) is 7.01. The molecule has 2 aliphatic rings. The van der Waals surface area contributed by atoms with Crippen LogP contribution in [0.1, 0.15) is 79.1 Å². The van der Waals surface area contributed by atoms with Crippen LogP contribution in [0, 0.1) is 11.8 Å². The molecule has 1 saturated carbocycles. The highest BCUT2D eigenvalue weighted by atomic mass is 15.3. The van der Waals surface area contributed by atoms with E-state index in [2.05, 4.69) is 37.9 Å². The molecule has 0 aromatic heterocycles. The largest absolute Gasteiger partial charge is 0.311 e. The summed E-state index contributed by atoms with van der Waals surface area (Å²) in [4.78, 5) is 2.85. The van der Waals surface area contributed by atoms with Crippen LogP contribution in [0.25, 0.3) is 0 Å². The zero-order valence-corrected chi connectivity index (χ0v) is 14.9. The van der Waals surface area contributed by atoms with Crippen LogP contribution < -0.4 is 5.32 Å². The smallest absolute Gasteiger partial charge is 0.0224 e. The van der Waals surface area contributed by atoms with Crippen LogP contribution in [0.5, 0.6) is 0 Å². The molecule has 2 nitrogen and oxygen atoms in total. The van der Waals surface area contributed by atoms with Crippen molar-refractivity contribution >= 4 is 0 Å². The van der Waals surface area contributed by atoms with Gasteiger partial charge in [-0.25, -0.2) is 0 Å². The van der Waals surface area contributed by atoms with E-state index >= 15 is 0 Å². The molecule has 1 aliphatic heterocycles. The molecule has 124 valence electrons. The normalized spacial score (nSPS) is 32.0. The average molecular weight is 295 g/mol. The number of hydrogen-bond donors (Lipinski definition) is 1. The highest BCUT2D eigenvalue weighted by molar-refractivity contribution is 4.92. The lowest BCUT2D eigenvalue weighted by molar-refractivity contribution is 0.0532. The Bertz CT molecular complexity index is 285. The maximum Gasteiger partial charge on any atom is 0.0224 e. The minimum Gasteiger partial charge on any atom is -0.311 e. The average Bonchev–Trinajstić information content (AvgIpc) is 2.54. The molecule has 1 aliphatic carbocycles. The lowest BCUT2D eigenvalue weighted by atomic mass is 9.82. The highest BCUT2D eigenvalue weighted by Gasteiger charge is 2.34. The maximum absolute atomic E-state index is 3.90. The molecule has 2 rings (SSSR count). The molecule has 0 bridgehead atoms. The van der Waals surface area contributed by atoms with Crippen LogP contribution in [0.4, 0.5) is 0 Å². The van der Waals surface area contributed by atoms with Gasteiger partial charge in [0.1, 0.15) is 0 Å². The van der Waals surface area contributed by atoms with Crippen molar-refractivity contribution in [1.82, 2.24) is 10.2 Å². The third-order valence-electron chi connectivity index (χ3n) is 6.19. The van der Waals surface area contributed by atoms with Crippen molar-refractivity contribution in [3.8, 4) is 0 Å². The van der Waals surface area contributed by atoms with Gasteiger partial charge in [-0.3, -0.25) is 4.90 Å². The first-order chi connectivity index (χ1) is 10.2. The van der Waals surface area contributed by atoms with Crippen molar-refractivity contribution in [1.29, 1.82) is 0 Å². The SMILES string of the molecule is CCC(C)CC(C)N1CC(C2CCCCC2)NCC1CC. The molecule has 1 saturated heterocycles. The summed E-state index contributed by atoms with van der Waals surface area (Å²) in [5.74, 6) is 1.80. The van der Waals surface area contributed by atoms with E-state index in [1.165, 1.54) is 64.5 Å². The van der Waals surface area contributed by atoms with Crippen molar-refractivity contribution in [2.24, 2.45) is 11.8 Å². The number of rotatable bonds is 6. The number of hydrogen-bond acceptors (Lipinski definition) is 2. The Labute approximate surface area is 133 Å². The van der Waals surface area contributed by atoms with Crippen molar-refractivity contribution in [2.75, 3.05) is 13.1 Å². The summed E-state index contributed by atoms with van der Waals surface area (Å²) in [6.07, 6.45) is 11.3. The first-order valence-electron chi connectivity index (χ1n) is 9.64. The molecule has 0 radical (unpaired) electrons. The Morgan fingerprint density at radius 2 is 1.81 bits per heavy atom. The second kappa shape index (κ2) is 8.53. The fourth-order valence-electron chi connectivity index (χ4n) is 4.50. The van der Waals surface area contributed by atoms with Gasteiger partial charge in [-0.05, 0) is 44.4 Å². The van der Waals surface area contributed by atoms with E-state index < -0.39 is 0 Å². The van der Waals surface area contributed by atoms with E-state index in [1.807, 2.05) is 0 Å². The lowest BCUT2D eigenvalue weighted by Crippen LogP contribution is -2.61. The molecular formula is C19H38N2. The number of nitrogens with zero attached hydrogens (tertiary/aromatic N) is 1. The lowest BCUT2D eigenvalue weighted by Gasteiger charge is -2.46. The van der Waals surface area contributed by atoms with Crippen LogP contribution in [-0.4, -0.2) is 36.1 Å². The Hall–Kier alpha value is -0.0800.